The molecule has 41 heavy (non-hydrogen) atoms. The Labute approximate surface area is 246 Å². The first kappa shape index (κ1) is 30.3. The molecule has 0 spiro atoms. The molecule has 0 fully saturated rings. The number of hydrogen-bond donors (Lipinski definition) is 1. The molecule has 0 aliphatic carbocycles. The van der Waals surface area contributed by atoms with Gasteiger partial charge in [0.15, 0.2) is 0 Å². The molecule has 0 bridgehead atoms. The minimum atomic E-state index is -0.0674. The van der Waals surface area contributed by atoms with Gasteiger partial charge in [-0.05, 0) is 73.3 Å². The summed E-state index contributed by atoms with van der Waals surface area (Å²) in [7, 11) is 0. The van der Waals surface area contributed by atoms with E-state index in [1.54, 1.807) is 0 Å². The van der Waals surface area contributed by atoms with Crippen LogP contribution in [-0.4, -0.2) is 24.0 Å². The predicted molar refractivity (Wildman–Crippen MR) is 172 cm³/mol. The Morgan fingerprint density at radius 2 is 1.59 bits per heavy atom. The second kappa shape index (κ2) is 12.9. The molecule has 216 valence electrons. The van der Waals surface area contributed by atoms with Crippen molar-refractivity contribution in [2.75, 3.05) is 13.2 Å². The maximum absolute atomic E-state index is 13.4. The maximum Gasteiger partial charge on any atom is 0.252 e. The fourth-order valence-electron chi connectivity index (χ4n) is 4.99. The van der Waals surface area contributed by atoms with Crippen LogP contribution >= 0.6 is 0 Å². The summed E-state index contributed by atoms with van der Waals surface area (Å²) in [4.78, 5) is 18.2. The molecule has 1 N–H and O–H groups in total. The third-order valence-electron chi connectivity index (χ3n) is 8.65. The molecule has 0 unspecified atom stereocenters. The van der Waals surface area contributed by atoms with E-state index in [1.165, 1.54) is 11.1 Å². The van der Waals surface area contributed by atoms with Crippen molar-refractivity contribution in [2.24, 2.45) is 0 Å². The van der Waals surface area contributed by atoms with Crippen LogP contribution in [0.15, 0.2) is 72.8 Å². The molecule has 4 nitrogen and oxygen atoms in total. The van der Waals surface area contributed by atoms with E-state index in [2.05, 4.69) is 65.1 Å². The van der Waals surface area contributed by atoms with Crippen LogP contribution in [0, 0.1) is 6.92 Å². The van der Waals surface area contributed by atoms with Crippen LogP contribution in [0.3, 0.4) is 0 Å². The lowest BCUT2D eigenvalue weighted by Crippen LogP contribution is -2.25. The summed E-state index contributed by atoms with van der Waals surface area (Å²) in [6.45, 7) is 16.9. The highest BCUT2D eigenvalue weighted by Crippen LogP contribution is 2.38. The SMILES string of the molecule is CCC(C)(C)c1ccc(OCCCCNC(=O)c2cc(-c3ccccc3)nc3ccc(C)cc23)c(C(C)(C)CC)c1. The van der Waals surface area contributed by atoms with Gasteiger partial charge in [0.2, 0.25) is 0 Å². The van der Waals surface area contributed by atoms with Gasteiger partial charge in [0.25, 0.3) is 5.91 Å². The van der Waals surface area contributed by atoms with Crippen molar-refractivity contribution in [3.05, 3.63) is 95.1 Å². The Kier molecular flexibility index (Phi) is 9.53. The van der Waals surface area contributed by atoms with Gasteiger partial charge in [0, 0.05) is 23.1 Å². The second-order valence-electron chi connectivity index (χ2n) is 12.4. The van der Waals surface area contributed by atoms with E-state index in [0.29, 0.717) is 18.7 Å². The highest BCUT2D eigenvalue weighted by atomic mass is 16.5. The summed E-state index contributed by atoms with van der Waals surface area (Å²) < 4.78 is 6.33. The average Bonchev–Trinajstić information content (AvgIpc) is 2.98. The number of carbonyl (C=O) groups is 1. The first-order chi connectivity index (χ1) is 19.6. The highest BCUT2D eigenvalue weighted by Gasteiger charge is 2.26. The van der Waals surface area contributed by atoms with Crippen molar-refractivity contribution in [1.29, 1.82) is 0 Å². The van der Waals surface area contributed by atoms with Crippen molar-refractivity contribution in [1.82, 2.24) is 10.3 Å². The van der Waals surface area contributed by atoms with Gasteiger partial charge in [-0.3, -0.25) is 4.79 Å². The number of nitrogens with zero attached hydrogens (tertiary/aromatic N) is 1. The maximum atomic E-state index is 13.4. The zero-order valence-corrected chi connectivity index (χ0v) is 25.9. The molecule has 4 heteroatoms. The first-order valence-corrected chi connectivity index (χ1v) is 15.1. The Morgan fingerprint density at radius 3 is 2.29 bits per heavy atom. The largest absolute Gasteiger partial charge is 0.493 e. The number of aromatic nitrogens is 1. The molecule has 1 aromatic heterocycles. The number of unbranched alkanes of at least 4 members (excludes halogenated alkanes) is 1. The molecule has 0 aliphatic rings. The van der Waals surface area contributed by atoms with Crippen molar-refractivity contribution in [3.8, 4) is 17.0 Å². The van der Waals surface area contributed by atoms with Crippen LogP contribution < -0.4 is 10.1 Å². The average molecular weight is 551 g/mol. The van der Waals surface area contributed by atoms with Crippen molar-refractivity contribution in [2.45, 2.75) is 85.0 Å². The van der Waals surface area contributed by atoms with Crippen molar-refractivity contribution in [3.63, 3.8) is 0 Å². The van der Waals surface area contributed by atoms with E-state index >= 15 is 0 Å². The second-order valence-corrected chi connectivity index (χ2v) is 12.4. The number of carbonyl (C=O) groups excluding carboxylic acids is 1. The fourth-order valence-corrected chi connectivity index (χ4v) is 4.99. The van der Waals surface area contributed by atoms with Gasteiger partial charge in [-0.2, -0.15) is 0 Å². The predicted octanol–water partition coefficient (Wildman–Crippen LogP) is 9.17. The van der Waals surface area contributed by atoms with Gasteiger partial charge in [-0.25, -0.2) is 4.98 Å². The van der Waals surface area contributed by atoms with Crippen LogP contribution in [0.1, 0.15) is 94.3 Å². The van der Waals surface area contributed by atoms with Gasteiger partial charge in [0.05, 0.1) is 23.4 Å². The molecule has 1 amide bonds. The van der Waals surface area contributed by atoms with E-state index in [-0.39, 0.29) is 16.7 Å². The normalized spacial score (nSPS) is 12.0. The van der Waals surface area contributed by atoms with Gasteiger partial charge >= 0.3 is 0 Å². The molecule has 4 aromatic rings. The number of ether oxygens (including phenoxy) is 1. The molecule has 0 saturated carbocycles. The summed E-state index contributed by atoms with van der Waals surface area (Å²) in [5.41, 5.74) is 7.21. The third kappa shape index (κ3) is 7.16. The van der Waals surface area contributed by atoms with Crippen LogP contribution in [0.2, 0.25) is 0 Å². The van der Waals surface area contributed by atoms with Crippen molar-refractivity contribution < 1.29 is 9.53 Å². The Balaban J connectivity index is 1.40. The fraction of sp³-hybridized carbons (Fsp3) is 0.405. The molecule has 0 radical (unpaired) electrons. The molecule has 0 aliphatic heterocycles. The van der Waals surface area contributed by atoms with Crippen LogP contribution in [0.25, 0.3) is 22.2 Å². The number of hydrogen-bond acceptors (Lipinski definition) is 3. The number of pyridine rings is 1. The lowest BCUT2D eigenvalue weighted by atomic mass is 9.76. The zero-order chi connectivity index (χ0) is 29.6. The summed E-state index contributed by atoms with van der Waals surface area (Å²) in [6.07, 6.45) is 3.83. The van der Waals surface area contributed by atoms with Gasteiger partial charge in [0.1, 0.15) is 5.75 Å². The van der Waals surface area contributed by atoms with E-state index in [1.807, 2.05) is 61.5 Å². The van der Waals surface area contributed by atoms with E-state index < -0.39 is 0 Å². The lowest BCUT2D eigenvalue weighted by Gasteiger charge is -2.30. The number of rotatable bonds is 12. The number of benzene rings is 3. The number of aryl methyl sites for hydroxylation is 1. The molecule has 1 heterocycles. The van der Waals surface area contributed by atoms with E-state index in [0.717, 1.165) is 59.2 Å². The van der Waals surface area contributed by atoms with Crippen LogP contribution in [0.4, 0.5) is 0 Å². The molecule has 3 aromatic carbocycles. The number of nitrogens with one attached hydrogen (secondary N) is 1. The minimum absolute atomic E-state index is 0.0351. The highest BCUT2D eigenvalue weighted by molar-refractivity contribution is 6.07. The molecule has 4 rings (SSSR count). The lowest BCUT2D eigenvalue weighted by molar-refractivity contribution is 0.0954. The summed E-state index contributed by atoms with van der Waals surface area (Å²) in [5.74, 6) is 0.908. The third-order valence-corrected chi connectivity index (χ3v) is 8.65. The summed E-state index contributed by atoms with van der Waals surface area (Å²) >= 11 is 0. The van der Waals surface area contributed by atoms with Crippen LogP contribution in [-0.2, 0) is 10.8 Å². The minimum Gasteiger partial charge on any atom is -0.493 e. The van der Waals surface area contributed by atoms with E-state index in [4.69, 9.17) is 9.72 Å². The van der Waals surface area contributed by atoms with E-state index in [9.17, 15) is 4.79 Å². The van der Waals surface area contributed by atoms with Gasteiger partial charge < -0.3 is 10.1 Å². The Bertz CT molecular complexity index is 1490. The molecule has 0 saturated heterocycles. The zero-order valence-electron chi connectivity index (χ0n) is 25.9. The molecular formula is C37H46N2O2. The van der Waals surface area contributed by atoms with Crippen molar-refractivity contribution >= 4 is 16.8 Å². The smallest absolute Gasteiger partial charge is 0.252 e. The Morgan fingerprint density at radius 1 is 0.854 bits per heavy atom. The standard InChI is InChI=1S/C37H46N2O2/c1-8-36(4,5)28-18-20-34(31(24-28)37(6,7)9-2)41-22-14-13-21-38-35(40)30-25-33(27-15-11-10-12-16-27)39-32-19-17-26(3)23-29(30)32/h10-12,15-20,23-25H,8-9,13-14,21-22H2,1-7H3,(H,38,40). The Hall–Kier alpha value is -3.66. The number of amides is 1. The summed E-state index contributed by atoms with van der Waals surface area (Å²) in [6, 6.07) is 24.7. The topological polar surface area (TPSA) is 51.2 Å². The van der Waals surface area contributed by atoms with Gasteiger partial charge in [-0.15, -0.1) is 0 Å². The summed E-state index contributed by atoms with van der Waals surface area (Å²) in [5, 5.41) is 4.02. The molecule has 0 atom stereocenters. The van der Waals surface area contributed by atoms with Gasteiger partial charge in [-0.1, -0.05) is 95.6 Å². The number of fused-ring (bicyclic) bond motifs is 1. The van der Waals surface area contributed by atoms with Crippen LogP contribution in [0.5, 0.6) is 5.75 Å². The molecular weight excluding hydrogens is 504 g/mol. The monoisotopic (exact) mass is 550 g/mol. The first-order valence-electron chi connectivity index (χ1n) is 15.1. The quantitative estimate of drug-likeness (QED) is 0.179.